The molecule has 0 aliphatic heterocycles. The highest BCUT2D eigenvalue weighted by Gasteiger charge is 2.12. The first-order valence-corrected chi connectivity index (χ1v) is 6.15. The number of rotatable bonds is 4. The monoisotopic (exact) mass is 261 g/mol. The Morgan fingerprint density at radius 1 is 1.37 bits per heavy atom. The van der Waals surface area contributed by atoms with Gasteiger partial charge in [0, 0.05) is 37.1 Å². The molecule has 2 aromatic rings. The molecule has 6 nitrogen and oxygen atoms in total. The van der Waals surface area contributed by atoms with Gasteiger partial charge >= 0.3 is 6.01 Å². The summed E-state index contributed by atoms with van der Waals surface area (Å²) in [6.45, 7) is 7.03. The number of pyridine rings is 1. The fraction of sp³-hybridized carbons (Fsp3) is 0.462. The van der Waals surface area contributed by atoms with Crippen LogP contribution < -0.4 is 10.1 Å². The van der Waals surface area contributed by atoms with Crippen LogP contribution in [0.25, 0.3) is 0 Å². The molecule has 0 aliphatic carbocycles. The summed E-state index contributed by atoms with van der Waals surface area (Å²) in [5.74, 6) is 0.720. The number of nitrogens with zero attached hydrogens (tertiary/aromatic N) is 4. The molecule has 0 radical (unpaired) electrons. The molecule has 0 saturated heterocycles. The van der Waals surface area contributed by atoms with E-state index in [1.54, 1.807) is 30.5 Å². The first-order valence-electron chi connectivity index (χ1n) is 6.15. The topological polar surface area (TPSA) is 64.9 Å². The van der Waals surface area contributed by atoms with E-state index in [0.717, 1.165) is 11.3 Å². The van der Waals surface area contributed by atoms with Gasteiger partial charge in [-0.2, -0.15) is 4.98 Å². The lowest BCUT2D eigenvalue weighted by Crippen LogP contribution is -2.35. The summed E-state index contributed by atoms with van der Waals surface area (Å²) in [5, 5.41) is 7.50. The average Bonchev–Trinajstić information content (AvgIpc) is 2.73. The Morgan fingerprint density at radius 3 is 2.79 bits per heavy atom. The maximum absolute atomic E-state index is 5.67. The predicted octanol–water partition coefficient (Wildman–Crippen LogP) is 1.89. The molecule has 1 N–H and O–H groups in total. The van der Waals surface area contributed by atoms with Crippen LogP contribution in [0.5, 0.6) is 11.8 Å². The Labute approximate surface area is 112 Å². The zero-order valence-corrected chi connectivity index (χ0v) is 11.7. The van der Waals surface area contributed by atoms with E-state index in [0.29, 0.717) is 12.6 Å². The summed E-state index contributed by atoms with van der Waals surface area (Å²) < 4.78 is 7.27. The Bertz CT molecular complexity index is 544. The van der Waals surface area contributed by atoms with E-state index in [4.69, 9.17) is 4.74 Å². The standard InChI is InChI=1S/C13H19N5O/c1-13(2,3)16-8-10-7-14-6-5-11(10)19-12-15-9-18(4)17-12/h5-7,9,16H,8H2,1-4H3. The quantitative estimate of drug-likeness (QED) is 0.910. The third kappa shape index (κ3) is 4.03. The Balaban J connectivity index is 2.12. The first-order chi connectivity index (χ1) is 8.94. The predicted molar refractivity (Wildman–Crippen MR) is 71.9 cm³/mol. The third-order valence-electron chi connectivity index (χ3n) is 2.45. The highest BCUT2D eigenvalue weighted by molar-refractivity contribution is 5.32. The SMILES string of the molecule is Cn1cnc(Oc2ccncc2CNC(C)(C)C)n1. The smallest absolute Gasteiger partial charge is 0.340 e. The lowest BCUT2D eigenvalue weighted by atomic mass is 10.1. The van der Waals surface area contributed by atoms with Crippen molar-refractivity contribution in [3.63, 3.8) is 0 Å². The van der Waals surface area contributed by atoms with Crippen molar-refractivity contribution in [1.29, 1.82) is 0 Å². The second kappa shape index (κ2) is 5.36. The summed E-state index contributed by atoms with van der Waals surface area (Å²) in [6.07, 6.45) is 5.08. The van der Waals surface area contributed by atoms with Gasteiger partial charge in [0.15, 0.2) is 0 Å². The van der Waals surface area contributed by atoms with E-state index in [-0.39, 0.29) is 5.54 Å². The van der Waals surface area contributed by atoms with E-state index in [2.05, 4.69) is 41.2 Å². The second-order valence-electron chi connectivity index (χ2n) is 5.39. The number of nitrogens with one attached hydrogen (secondary N) is 1. The Kier molecular flexibility index (Phi) is 3.80. The summed E-state index contributed by atoms with van der Waals surface area (Å²) in [4.78, 5) is 8.18. The Morgan fingerprint density at radius 2 is 2.16 bits per heavy atom. The van der Waals surface area contributed by atoms with Crippen LogP contribution in [-0.4, -0.2) is 25.3 Å². The molecule has 19 heavy (non-hydrogen) atoms. The molecular weight excluding hydrogens is 242 g/mol. The van der Waals surface area contributed by atoms with Gasteiger partial charge < -0.3 is 10.1 Å². The molecule has 0 atom stereocenters. The number of aromatic nitrogens is 4. The van der Waals surface area contributed by atoms with Gasteiger partial charge in [-0.25, -0.2) is 0 Å². The van der Waals surface area contributed by atoms with E-state index < -0.39 is 0 Å². The van der Waals surface area contributed by atoms with Crippen molar-refractivity contribution < 1.29 is 4.74 Å². The minimum absolute atomic E-state index is 0.0381. The number of hydrogen-bond donors (Lipinski definition) is 1. The molecule has 0 aliphatic rings. The maximum Gasteiger partial charge on any atom is 0.340 e. The molecule has 0 amide bonds. The van der Waals surface area contributed by atoms with Crippen molar-refractivity contribution in [2.24, 2.45) is 7.05 Å². The van der Waals surface area contributed by atoms with E-state index in [1.807, 2.05) is 6.07 Å². The minimum atomic E-state index is 0.0381. The lowest BCUT2D eigenvalue weighted by Gasteiger charge is -2.21. The molecule has 2 heterocycles. The summed E-state index contributed by atoms with van der Waals surface area (Å²) in [6, 6.07) is 2.15. The van der Waals surface area contributed by atoms with Gasteiger partial charge in [0.05, 0.1) is 0 Å². The average molecular weight is 261 g/mol. The van der Waals surface area contributed by atoms with Crippen molar-refractivity contribution in [2.45, 2.75) is 32.9 Å². The van der Waals surface area contributed by atoms with E-state index in [1.165, 1.54) is 0 Å². The van der Waals surface area contributed by atoms with Crippen LogP contribution in [0, 0.1) is 0 Å². The van der Waals surface area contributed by atoms with Gasteiger partial charge in [-0.1, -0.05) is 0 Å². The summed E-state index contributed by atoms with van der Waals surface area (Å²) in [5.41, 5.74) is 1.01. The van der Waals surface area contributed by atoms with Crippen molar-refractivity contribution in [3.05, 3.63) is 30.4 Å². The van der Waals surface area contributed by atoms with Gasteiger partial charge in [0.2, 0.25) is 0 Å². The van der Waals surface area contributed by atoms with Crippen LogP contribution in [0.4, 0.5) is 0 Å². The van der Waals surface area contributed by atoms with Gasteiger partial charge in [-0.15, -0.1) is 5.10 Å². The number of ether oxygens (including phenoxy) is 1. The Hall–Kier alpha value is -1.95. The molecule has 0 bridgehead atoms. The zero-order chi connectivity index (χ0) is 13.9. The van der Waals surface area contributed by atoms with Crippen LogP contribution in [0.1, 0.15) is 26.3 Å². The molecule has 2 aromatic heterocycles. The first kappa shape index (κ1) is 13.5. The van der Waals surface area contributed by atoms with Crippen LogP contribution >= 0.6 is 0 Å². The van der Waals surface area contributed by atoms with Crippen molar-refractivity contribution >= 4 is 0 Å². The highest BCUT2D eigenvalue weighted by Crippen LogP contribution is 2.22. The number of aryl methyl sites for hydroxylation is 1. The van der Waals surface area contributed by atoms with Crippen molar-refractivity contribution in [1.82, 2.24) is 25.1 Å². The van der Waals surface area contributed by atoms with Crippen LogP contribution in [-0.2, 0) is 13.6 Å². The van der Waals surface area contributed by atoms with Gasteiger partial charge in [0.25, 0.3) is 0 Å². The molecular formula is C13H19N5O. The fourth-order valence-electron chi connectivity index (χ4n) is 1.47. The van der Waals surface area contributed by atoms with Crippen LogP contribution in [0.3, 0.4) is 0 Å². The third-order valence-corrected chi connectivity index (χ3v) is 2.45. The fourth-order valence-corrected chi connectivity index (χ4v) is 1.47. The largest absolute Gasteiger partial charge is 0.423 e. The van der Waals surface area contributed by atoms with Gasteiger partial charge in [0.1, 0.15) is 12.1 Å². The van der Waals surface area contributed by atoms with E-state index >= 15 is 0 Å². The van der Waals surface area contributed by atoms with Crippen LogP contribution in [0.15, 0.2) is 24.8 Å². The molecule has 0 unspecified atom stereocenters. The molecule has 0 spiro atoms. The molecule has 0 saturated carbocycles. The summed E-state index contributed by atoms with van der Waals surface area (Å²) in [7, 11) is 1.80. The summed E-state index contributed by atoms with van der Waals surface area (Å²) >= 11 is 0. The normalized spacial score (nSPS) is 11.6. The van der Waals surface area contributed by atoms with Crippen molar-refractivity contribution in [3.8, 4) is 11.8 Å². The molecule has 2 rings (SSSR count). The van der Waals surface area contributed by atoms with E-state index in [9.17, 15) is 0 Å². The lowest BCUT2D eigenvalue weighted by molar-refractivity contribution is 0.404. The molecule has 0 aromatic carbocycles. The highest BCUT2D eigenvalue weighted by atomic mass is 16.5. The van der Waals surface area contributed by atoms with Crippen LogP contribution in [0.2, 0.25) is 0 Å². The van der Waals surface area contributed by atoms with Gasteiger partial charge in [-0.3, -0.25) is 9.67 Å². The second-order valence-corrected chi connectivity index (χ2v) is 5.39. The van der Waals surface area contributed by atoms with Crippen molar-refractivity contribution in [2.75, 3.05) is 0 Å². The zero-order valence-electron chi connectivity index (χ0n) is 11.7. The molecule has 0 fully saturated rings. The number of hydrogen-bond acceptors (Lipinski definition) is 5. The maximum atomic E-state index is 5.67. The molecule has 6 heteroatoms. The minimum Gasteiger partial charge on any atom is -0.423 e. The van der Waals surface area contributed by atoms with Gasteiger partial charge in [-0.05, 0) is 26.8 Å². The molecule has 102 valence electrons.